The van der Waals surface area contributed by atoms with Gasteiger partial charge in [0.05, 0.1) is 5.03 Å². The van der Waals surface area contributed by atoms with Crippen LogP contribution in [0, 0.1) is 17.3 Å². The Morgan fingerprint density at radius 2 is 1.13 bits per heavy atom. The lowest BCUT2D eigenvalue weighted by molar-refractivity contribution is 0.0520. The fraction of sp³-hybridized carbons (Fsp3) is 0.250. The molecule has 2 bridgehead atoms. The molecule has 3 aliphatic carbocycles. The van der Waals surface area contributed by atoms with E-state index in [0.29, 0.717) is 17.3 Å². The lowest BCUT2D eigenvalue weighted by Gasteiger charge is -2.46. The number of halogens is 1. The van der Waals surface area contributed by atoms with Crippen molar-refractivity contribution in [3.63, 3.8) is 0 Å². The SMILES string of the molecule is Cl/C(=C1/C2CCCC3(CCC13)C2)C1N(c2ccc(-c3ccccc3)cc2)c2nccnc2N1c1ccc(-c2ccccc2)cc1. The number of benzene rings is 4. The zero-order chi connectivity index (χ0) is 30.0. The van der Waals surface area contributed by atoms with Gasteiger partial charge in [-0.1, -0.05) is 103 Å². The van der Waals surface area contributed by atoms with Gasteiger partial charge in [-0.3, -0.25) is 9.80 Å². The van der Waals surface area contributed by atoms with Crippen LogP contribution in [-0.2, 0) is 0 Å². The van der Waals surface area contributed by atoms with Crippen LogP contribution in [0.5, 0.6) is 0 Å². The summed E-state index contributed by atoms with van der Waals surface area (Å²) in [6.45, 7) is 0. The minimum absolute atomic E-state index is 0.263. The van der Waals surface area contributed by atoms with Gasteiger partial charge in [-0.2, -0.15) is 0 Å². The molecule has 0 radical (unpaired) electrons. The summed E-state index contributed by atoms with van der Waals surface area (Å²) in [5, 5.41) is 0.965. The highest BCUT2D eigenvalue weighted by Crippen LogP contribution is 2.69. The normalized spacial score (nSPS) is 24.6. The van der Waals surface area contributed by atoms with Crippen molar-refractivity contribution in [2.75, 3.05) is 9.80 Å². The fourth-order valence-corrected chi connectivity index (χ4v) is 9.32. The summed E-state index contributed by atoms with van der Waals surface area (Å²) < 4.78 is 0. The first-order valence-corrected chi connectivity index (χ1v) is 16.7. The van der Waals surface area contributed by atoms with Crippen LogP contribution < -0.4 is 9.80 Å². The van der Waals surface area contributed by atoms with Gasteiger partial charge in [-0.15, -0.1) is 0 Å². The average molecular weight is 607 g/mol. The number of hydrogen-bond donors (Lipinski definition) is 0. The highest BCUT2D eigenvalue weighted by atomic mass is 35.5. The third-order valence-corrected chi connectivity index (χ3v) is 11.4. The molecule has 1 aliphatic heterocycles. The van der Waals surface area contributed by atoms with Gasteiger partial charge in [-0.25, -0.2) is 9.97 Å². The quantitative estimate of drug-likeness (QED) is 0.199. The molecule has 0 amide bonds. The Hall–Kier alpha value is -4.41. The second-order valence-corrected chi connectivity index (χ2v) is 13.6. The van der Waals surface area contributed by atoms with Crippen LogP contribution in [0.3, 0.4) is 0 Å². The molecule has 9 rings (SSSR count). The Morgan fingerprint density at radius 3 is 1.60 bits per heavy atom. The standard InChI is InChI=1S/C40H35ClN4/c41-36(35-31-12-7-22-40(26-31)23-21-34(35)40)39-44(32-17-13-29(14-18-32)27-8-3-1-4-9-27)37-38(43-25-24-42-37)45(39)33-19-15-30(16-20-33)28-10-5-2-6-11-28/h1-6,8-11,13-20,24-25,31,34,39H,7,12,21-23,26H2/b36-35-. The summed E-state index contributed by atoms with van der Waals surface area (Å²) in [7, 11) is 0. The van der Waals surface area contributed by atoms with Crippen LogP contribution in [0.25, 0.3) is 22.3 Å². The van der Waals surface area contributed by atoms with Crippen LogP contribution in [-0.4, -0.2) is 16.1 Å². The molecule has 0 saturated heterocycles. The predicted molar refractivity (Wildman–Crippen MR) is 184 cm³/mol. The van der Waals surface area contributed by atoms with Gasteiger partial charge in [0.2, 0.25) is 0 Å². The second kappa shape index (κ2) is 10.6. The van der Waals surface area contributed by atoms with E-state index < -0.39 is 0 Å². The number of hydrogen-bond acceptors (Lipinski definition) is 4. The fourth-order valence-electron chi connectivity index (χ4n) is 8.84. The van der Waals surface area contributed by atoms with E-state index in [1.807, 2.05) is 0 Å². The maximum absolute atomic E-state index is 7.83. The first kappa shape index (κ1) is 26.9. The van der Waals surface area contributed by atoms with E-state index in [0.717, 1.165) is 28.0 Å². The van der Waals surface area contributed by atoms with Crippen molar-refractivity contribution >= 4 is 34.6 Å². The molecule has 5 heteroatoms. The van der Waals surface area contributed by atoms with E-state index in [1.165, 1.54) is 66.4 Å². The summed E-state index contributed by atoms with van der Waals surface area (Å²) in [5.74, 6) is 2.86. The van der Waals surface area contributed by atoms with Gasteiger partial charge in [0, 0.05) is 23.8 Å². The maximum atomic E-state index is 7.83. The molecule has 4 aromatic carbocycles. The van der Waals surface area contributed by atoms with E-state index in [9.17, 15) is 0 Å². The summed E-state index contributed by atoms with van der Waals surface area (Å²) >= 11 is 7.83. The van der Waals surface area contributed by atoms with Crippen molar-refractivity contribution in [2.45, 2.75) is 44.7 Å². The molecule has 0 N–H and O–H groups in total. The van der Waals surface area contributed by atoms with Crippen molar-refractivity contribution in [3.05, 3.63) is 132 Å². The molecule has 1 spiro atoms. The van der Waals surface area contributed by atoms with E-state index in [2.05, 4.69) is 119 Å². The van der Waals surface area contributed by atoms with Crippen molar-refractivity contribution in [1.82, 2.24) is 9.97 Å². The topological polar surface area (TPSA) is 32.3 Å². The minimum Gasteiger partial charge on any atom is -0.297 e. The Labute approximate surface area is 270 Å². The van der Waals surface area contributed by atoms with Crippen LogP contribution in [0.4, 0.5) is 23.0 Å². The number of aromatic nitrogens is 2. The van der Waals surface area contributed by atoms with Crippen molar-refractivity contribution < 1.29 is 0 Å². The van der Waals surface area contributed by atoms with E-state index in [1.54, 1.807) is 12.4 Å². The number of nitrogens with zero attached hydrogens (tertiary/aromatic N) is 4. The Balaban J connectivity index is 1.19. The molecule has 3 saturated carbocycles. The summed E-state index contributed by atoms with van der Waals surface area (Å²) in [6.07, 6.45) is 11.2. The molecule has 1 aromatic heterocycles. The maximum Gasteiger partial charge on any atom is 0.178 e. The number of anilines is 4. The van der Waals surface area contributed by atoms with Gasteiger partial charge >= 0.3 is 0 Å². The van der Waals surface area contributed by atoms with Crippen molar-refractivity contribution in [2.24, 2.45) is 17.3 Å². The summed E-state index contributed by atoms with van der Waals surface area (Å²) in [4.78, 5) is 14.6. The molecule has 222 valence electrons. The zero-order valence-electron chi connectivity index (χ0n) is 25.2. The first-order valence-electron chi connectivity index (χ1n) is 16.3. The van der Waals surface area contributed by atoms with Gasteiger partial charge in [0.1, 0.15) is 0 Å². The van der Waals surface area contributed by atoms with Crippen LogP contribution in [0.2, 0.25) is 0 Å². The molecule has 45 heavy (non-hydrogen) atoms. The lowest BCUT2D eigenvalue weighted by atomic mass is 9.58. The monoisotopic (exact) mass is 606 g/mol. The number of rotatable bonds is 5. The third kappa shape index (κ3) is 4.26. The summed E-state index contributed by atoms with van der Waals surface area (Å²) in [5.41, 5.74) is 8.90. The summed E-state index contributed by atoms with van der Waals surface area (Å²) in [6, 6.07) is 38.8. The first-order chi connectivity index (χ1) is 22.2. The lowest BCUT2D eigenvalue weighted by Crippen LogP contribution is -2.41. The van der Waals surface area contributed by atoms with Crippen LogP contribution in [0.15, 0.2) is 132 Å². The molecule has 5 aromatic rings. The minimum atomic E-state index is -0.263. The Morgan fingerprint density at radius 1 is 0.622 bits per heavy atom. The number of fused-ring (bicyclic) bond motifs is 2. The van der Waals surface area contributed by atoms with Gasteiger partial charge in [0.25, 0.3) is 0 Å². The molecular weight excluding hydrogens is 572 g/mol. The van der Waals surface area contributed by atoms with Gasteiger partial charge in [-0.05, 0) is 101 Å². The molecule has 4 nitrogen and oxygen atoms in total. The second-order valence-electron chi connectivity index (χ2n) is 13.2. The van der Waals surface area contributed by atoms with Crippen molar-refractivity contribution in [1.29, 1.82) is 0 Å². The van der Waals surface area contributed by atoms with Crippen LogP contribution >= 0.6 is 11.6 Å². The Kier molecular flexibility index (Phi) is 6.35. The molecule has 2 heterocycles. The zero-order valence-corrected chi connectivity index (χ0v) is 25.9. The predicted octanol–water partition coefficient (Wildman–Crippen LogP) is 10.5. The largest absolute Gasteiger partial charge is 0.297 e. The van der Waals surface area contributed by atoms with E-state index >= 15 is 0 Å². The Bertz CT molecular complexity index is 1780. The van der Waals surface area contributed by atoms with Gasteiger partial charge in [0.15, 0.2) is 17.8 Å². The molecule has 3 atom stereocenters. The number of allylic oxidation sites excluding steroid dienone is 1. The molecule has 4 aliphatic rings. The molecular formula is C40H35ClN4. The van der Waals surface area contributed by atoms with Crippen molar-refractivity contribution in [3.8, 4) is 22.3 Å². The van der Waals surface area contributed by atoms with E-state index in [4.69, 9.17) is 21.6 Å². The third-order valence-electron chi connectivity index (χ3n) is 11.0. The smallest absolute Gasteiger partial charge is 0.178 e. The highest BCUT2D eigenvalue weighted by Gasteiger charge is 2.59. The average Bonchev–Trinajstić information content (AvgIpc) is 3.52. The molecule has 3 fully saturated rings. The van der Waals surface area contributed by atoms with E-state index in [-0.39, 0.29) is 6.17 Å². The van der Waals surface area contributed by atoms with Crippen LogP contribution in [0.1, 0.15) is 38.5 Å². The molecule has 3 unspecified atom stereocenters. The highest BCUT2D eigenvalue weighted by molar-refractivity contribution is 6.31. The van der Waals surface area contributed by atoms with Gasteiger partial charge < -0.3 is 0 Å².